The zero-order valence-corrected chi connectivity index (χ0v) is 13.0. The molecule has 1 fully saturated rings. The number of benzene rings is 1. The lowest BCUT2D eigenvalue weighted by molar-refractivity contribution is 0.0476. The van der Waals surface area contributed by atoms with E-state index in [1.807, 2.05) is 0 Å². The van der Waals surface area contributed by atoms with Crippen molar-refractivity contribution in [3.8, 4) is 0 Å². The van der Waals surface area contributed by atoms with Crippen LogP contribution in [0.25, 0.3) is 0 Å². The maximum Gasteiger partial charge on any atom is 0.422 e. The van der Waals surface area contributed by atoms with Crippen molar-refractivity contribution in [2.24, 2.45) is 0 Å². The van der Waals surface area contributed by atoms with Crippen LogP contribution in [0.1, 0.15) is 33.3 Å². The molecule has 1 heterocycles. The third-order valence-electron chi connectivity index (χ3n) is 3.33. The van der Waals surface area contributed by atoms with Gasteiger partial charge in [0.2, 0.25) is 0 Å². The van der Waals surface area contributed by atoms with Gasteiger partial charge in [0.05, 0.1) is 12.6 Å². The van der Waals surface area contributed by atoms with Crippen LogP contribution < -0.4 is 10.9 Å². The topological polar surface area (TPSA) is 62.9 Å². The number of amides is 1. The Hall–Kier alpha value is -1.73. The van der Waals surface area contributed by atoms with E-state index >= 15 is 0 Å². The molecule has 1 aliphatic heterocycles. The van der Waals surface area contributed by atoms with Gasteiger partial charge in [0.15, 0.2) is 0 Å². The van der Waals surface area contributed by atoms with Crippen molar-refractivity contribution >= 4 is 6.09 Å². The number of hydrazine groups is 1. The zero-order chi connectivity index (χ0) is 16.5. The lowest BCUT2D eigenvalue weighted by atomic mass is 9.93. The Morgan fingerprint density at radius 2 is 2.05 bits per heavy atom. The smallest absolute Gasteiger partial charge is 0.422 e. The van der Waals surface area contributed by atoms with Gasteiger partial charge in [-0.25, -0.2) is 19.0 Å². The van der Waals surface area contributed by atoms with Gasteiger partial charge in [0.1, 0.15) is 22.8 Å². The highest BCUT2D eigenvalue weighted by Gasteiger charge is 2.53. The molecule has 1 saturated heterocycles. The Labute approximate surface area is 127 Å². The van der Waals surface area contributed by atoms with Crippen LogP contribution in [-0.4, -0.2) is 24.3 Å². The van der Waals surface area contributed by atoms with E-state index in [0.29, 0.717) is 0 Å². The van der Waals surface area contributed by atoms with Gasteiger partial charge < -0.3 is 9.47 Å². The number of carbonyl (C=O) groups is 1. The Morgan fingerprint density at radius 3 is 2.55 bits per heavy atom. The van der Waals surface area contributed by atoms with Crippen LogP contribution in [0.4, 0.5) is 13.6 Å². The Kier molecular flexibility index (Phi) is 4.39. The second-order valence-corrected chi connectivity index (χ2v) is 6.30. The molecule has 0 unspecified atom stereocenters. The molecular formula is C15H20F2N2O3. The highest BCUT2D eigenvalue weighted by molar-refractivity contribution is 5.67. The molecule has 2 N–H and O–H groups in total. The van der Waals surface area contributed by atoms with Crippen LogP contribution in [0.3, 0.4) is 0 Å². The summed E-state index contributed by atoms with van der Waals surface area (Å²) in [5.74, 6) is -1.33. The summed E-state index contributed by atoms with van der Waals surface area (Å²) in [7, 11) is 0. The summed E-state index contributed by atoms with van der Waals surface area (Å²) >= 11 is 0. The molecule has 1 amide bonds. The van der Waals surface area contributed by atoms with Crippen LogP contribution in [0, 0.1) is 11.6 Å². The molecule has 122 valence electrons. The third kappa shape index (κ3) is 3.72. The molecular weight excluding hydrogens is 294 g/mol. The largest absolute Gasteiger partial charge is 0.443 e. The van der Waals surface area contributed by atoms with Crippen LogP contribution in [0.15, 0.2) is 18.2 Å². The molecule has 0 radical (unpaired) electrons. The second kappa shape index (κ2) is 5.81. The Balaban J connectivity index is 2.00. The summed E-state index contributed by atoms with van der Waals surface area (Å²) in [6.07, 6.45) is -0.644. The van der Waals surface area contributed by atoms with E-state index in [1.165, 1.54) is 12.1 Å². The van der Waals surface area contributed by atoms with Crippen molar-refractivity contribution in [1.82, 2.24) is 10.9 Å². The van der Waals surface area contributed by atoms with Gasteiger partial charge in [-0.2, -0.15) is 0 Å². The summed E-state index contributed by atoms with van der Waals surface area (Å²) < 4.78 is 37.4. The van der Waals surface area contributed by atoms with Crippen molar-refractivity contribution in [1.29, 1.82) is 0 Å². The van der Waals surface area contributed by atoms with Crippen LogP contribution in [0.2, 0.25) is 0 Å². The molecule has 7 heteroatoms. The van der Waals surface area contributed by atoms with Crippen LogP contribution >= 0.6 is 0 Å². The van der Waals surface area contributed by atoms with Gasteiger partial charge in [0, 0.05) is 11.6 Å². The molecule has 0 spiro atoms. The summed E-state index contributed by atoms with van der Waals surface area (Å²) in [5, 5.41) is 0. The second-order valence-electron chi connectivity index (χ2n) is 6.30. The molecule has 1 aromatic rings. The predicted octanol–water partition coefficient (Wildman–Crippen LogP) is 2.61. The first-order valence-electron chi connectivity index (χ1n) is 6.98. The fourth-order valence-electron chi connectivity index (χ4n) is 2.14. The molecule has 1 aliphatic rings. The quantitative estimate of drug-likeness (QED) is 0.662. The summed E-state index contributed by atoms with van der Waals surface area (Å²) in [6, 6.07) is 2.91. The van der Waals surface area contributed by atoms with Crippen molar-refractivity contribution < 1.29 is 23.0 Å². The fourth-order valence-corrected chi connectivity index (χ4v) is 2.14. The van der Waals surface area contributed by atoms with Crippen molar-refractivity contribution in [2.75, 3.05) is 6.61 Å². The standard InChI is InChI=1S/C15H20F2N2O3/c1-9(18-19-13(20)22-14(2,3)4)15(8-21-15)11-6-5-10(16)7-12(11)17/h5-7,9,18H,8H2,1-4H3,(H,19,20)/t9-,15-/m1/s1. The average Bonchev–Trinajstić information content (AvgIpc) is 3.15. The molecule has 0 aromatic heterocycles. The number of epoxide rings is 1. The minimum atomic E-state index is -0.924. The molecule has 1 aromatic carbocycles. The molecule has 0 saturated carbocycles. The SMILES string of the molecule is C[C@@H](NNC(=O)OC(C)(C)C)[C@@]1(c2ccc(F)cc2F)CO1. The lowest BCUT2D eigenvalue weighted by Gasteiger charge is -2.24. The van der Waals surface area contributed by atoms with Crippen LogP contribution in [-0.2, 0) is 15.1 Å². The minimum absolute atomic E-state index is 0.250. The van der Waals surface area contributed by atoms with Crippen LogP contribution in [0.5, 0.6) is 0 Å². The van der Waals surface area contributed by atoms with E-state index in [0.717, 1.165) is 6.07 Å². The number of halogens is 2. The maximum atomic E-state index is 13.9. The Bertz CT molecular complexity index is 568. The van der Waals surface area contributed by atoms with Gasteiger partial charge in [-0.1, -0.05) is 6.07 Å². The molecule has 5 nitrogen and oxygen atoms in total. The average molecular weight is 314 g/mol. The highest BCUT2D eigenvalue weighted by Crippen LogP contribution is 2.43. The number of rotatable bonds is 4. The van der Waals surface area contributed by atoms with Gasteiger partial charge in [-0.15, -0.1) is 0 Å². The third-order valence-corrected chi connectivity index (χ3v) is 3.33. The van der Waals surface area contributed by atoms with Gasteiger partial charge in [-0.05, 0) is 33.8 Å². The van der Waals surface area contributed by atoms with Crippen molar-refractivity contribution in [3.05, 3.63) is 35.4 Å². The molecule has 2 atom stereocenters. The van der Waals surface area contributed by atoms with E-state index in [9.17, 15) is 13.6 Å². The fraction of sp³-hybridized carbons (Fsp3) is 0.533. The van der Waals surface area contributed by atoms with E-state index in [1.54, 1.807) is 27.7 Å². The van der Waals surface area contributed by atoms with Crippen molar-refractivity contribution in [3.63, 3.8) is 0 Å². The summed E-state index contributed by atoms with van der Waals surface area (Å²) in [5.41, 5.74) is 3.84. The number of ether oxygens (including phenoxy) is 2. The highest BCUT2D eigenvalue weighted by atomic mass is 19.1. The summed E-state index contributed by atoms with van der Waals surface area (Å²) in [6.45, 7) is 7.24. The molecule has 0 bridgehead atoms. The van der Waals surface area contributed by atoms with Gasteiger partial charge >= 0.3 is 6.09 Å². The Morgan fingerprint density at radius 1 is 1.41 bits per heavy atom. The molecule has 22 heavy (non-hydrogen) atoms. The monoisotopic (exact) mass is 314 g/mol. The van der Waals surface area contributed by atoms with E-state index in [2.05, 4.69) is 10.9 Å². The predicted molar refractivity (Wildman–Crippen MR) is 76.0 cm³/mol. The van der Waals surface area contributed by atoms with E-state index in [-0.39, 0.29) is 12.2 Å². The lowest BCUT2D eigenvalue weighted by Crippen LogP contribution is -2.50. The van der Waals surface area contributed by atoms with Gasteiger partial charge in [0.25, 0.3) is 0 Å². The maximum absolute atomic E-state index is 13.9. The first kappa shape index (κ1) is 16.6. The number of hydrogen-bond acceptors (Lipinski definition) is 4. The number of hydrogen-bond donors (Lipinski definition) is 2. The van der Waals surface area contributed by atoms with Gasteiger partial charge in [-0.3, -0.25) is 5.43 Å². The first-order chi connectivity index (χ1) is 10.1. The van der Waals surface area contributed by atoms with E-state index in [4.69, 9.17) is 9.47 Å². The summed E-state index contributed by atoms with van der Waals surface area (Å²) in [4.78, 5) is 11.6. The normalized spacial score (nSPS) is 22.1. The number of carbonyl (C=O) groups excluding carboxylic acids is 1. The van der Waals surface area contributed by atoms with E-state index < -0.39 is 35.0 Å². The number of nitrogens with one attached hydrogen (secondary N) is 2. The first-order valence-corrected chi connectivity index (χ1v) is 6.98. The van der Waals surface area contributed by atoms with Crippen molar-refractivity contribution in [2.45, 2.75) is 44.9 Å². The minimum Gasteiger partial charge on any atom is -0.443 e. The zero-order valence-electron chi connectivity index (χ0n) is 13.0. The molecule has 2 rings (SSSR count). The molecule has 0 aliphatic carbocycles.